The second-order valence-electron chi connectivity index (χ2n) is 5.93. The van der Waals surface area contributed by atoms with Crippen molar-refractivity contribution in [2.75, 3.05) is 13.1 Å². The molecule has 3 aromatic rings. The molecule has 0 radical (unpaired) electrons. The molecule has 4 rings (SSSR count). The van der Waals surface area contributed by atoms with Gasteiger partial charge >= 0.3 is 0 Å². The van der Waals surface area contributed by atoms with Crippen LogP contribution in [0.4, 0.5) is 0 Å². The maximum Gasteiger partial charge on any atom is 0.290 e. The zero-order chi connectivity index (χ0) is 15.6. The van der Waals surface area contributed by atoms with Crippen molar-refractivity contribution in [3.05, 3.63) is 42.2 Å². The lowest BCUT2D eigenvalue weighted by Crippen LogP contribution is -2.23. The van der Waals surface area contributed by atoms with Gasteiger partial charge in [-0.25, -0.2) is 4.68 Å². The predicted molar refractivity (Wildman–Crippen MR) is 86.0 cm³/mol. The lowest BCUT2D eigenvalue weighted by Gasteiger charge is -2.24. The Balaban J connectivity index is 1.54. The summed E-state index contributed by atoms with van der Waals surface area (Å²) in [5, 5.41) is 18.1. The Morgan fingerprint density at radius 3 is 2.57 bits per heavy atom. The van der Waals surface area contributed by atoms with E-state index in [0.29, 0.717) is 12.0 Å². The van der Waals surface area contributed by atoms with Gasteiger partial charge in [-0.05, 0) is 49.2 Å². The molecule has 1 aliphatic heterocycles. The van der Waals surface area contributed by atoms with Crippen LogP contribution in [0.3, 0.4) is 0 Å². The Morgan fingerprint density at radius 1 is 1.09 bits per heavy atom. The Kier molecular flexibility index (Phi) is 3.63. The third kappa shape index (κ3) is 2.75. The van der Waals surface area contributed by atoms with Gasteiger partial charge in [-0.15, -0.1) is 5.10 Å². The van der Waals surface area contributed by atoms with Gasteiger partial charge in [0.05, 0.1) is 6.20 Å². The number of tetrazole rings is 1. The van der Waals surface area contributed by atoms with Crippen molar-refractivity contribution < 1.29 is 0 Å². The van der Waals surface area contributed by atoms with Gasteiger partial charge in [-0.2, -0.15) is 10.3 Å². The molecule has 7 nitrogen and oxygen atoms in total. The first-order valence-electron chi connectivity index (χ1n) is 7.94. The molecule has 3 heterocycles. The standard InChI is InChI=1S/C16H19N7/c1-12(22-8-2-3-9-22)13-4-6-14(7-5-13)15-10-17-23(11-15)16-18-20-21-19-16/h4-7,10-12H,2-3,8-9H2,1H3,(H,18,19,20,21). The van der Waals surface area contributed by atoms with Crippen LogP contribution in [0.1, 0.15) is 31.4 Å². The van der Waals surface area contributed by atoms with Crippen LogP contribution in [-0.2, 0) is 0 Å². The zero-order valence-corrected chi connectivity index (χ0v) is 13.1. The number of rotatable bonds is 4. The van der Waals surface area contributed by atoms with Crippen LogP contribution in [-0.4, -0.2) is 48.4 Å². The monoisotopic (exact) mass is 309 g/mol. The summed E-state index contributed by atoms with van der Waals surface area (Å²) in [5.74, 6) is 0.440. The number of hydrogen-bond donors (Lipinski definition) is 1. The first kappa shape index (κ1) is 14.1. The number of aromatic nitrogens is 6. The smallest absolute Gasteiger partial charge is 0.290 e. The van der Waals surface area contributed by atoms with Crippen molar-refractivity contribution in [1.29, 1.82) is 0 Å². The van der Waals surface area contributed by atoms with E-state index in [1.165, 1.54) is 31.5 Å². The Labute approximate surface area is 134 Å². The summed E-state index contributed by atoms with van der Waals surface area (Å²) < 4.78 is 1.61. The summed E-state index contributed by atoms with van der Waals surface area (Å²) in [5.41, 5.74) is 3.54. The Hall–Kier alpha value is -2.54. The van der Waals surface area contributed by atoms with E-state index in [0.717, 1.165) is 11.1 Å². The van der Waals surface area contributed by atoms with Crippen molar-refractivity contribution in [2.45, 2.75) is 25.8 Å². The van der Waals surface area contributed by atoms with Gasteiger partial charge in [0.25, 0.3) is 5.95 Å². The molecule has 1 unspecified atom stereocenters. The molecule has 2 aromatic heterocycles. The largest absolute Gasteiger partial charge is 0.297 e. The quantitative estimate of drug-likeness (QED) is 0.799. The summed E-state index contributed by atoms with van der Waals surface area (Å²) in [6.07, 6.45) is 6.36. The van der Waals surface area contributed by atoms with Crippen molar-refractivity contribution in [3.63, 3.8) is 0 Å². The van der Waals surface area contributed by atoms with Crippen LogP contribution >= 0.6 is 0 Å². The van der Waals surface area contributed by atoms with Crippen molar-refractivity contribution in [2.24, 2.45) is 0 Å². The number of benzene rings is 1. The highest BCUT2D eigenvalue weighted by atomic mass is 15.5. The summed E-state index contributed by atoms with van der Waals surface area (Å²) in [7, 11) is 0. The molecule has 118 valence electrons. The first-order valence-corrected chi connectivity index (χ1v) is 7.94. The van der Waals surface area contributed by atoms with Gasteiger partial charge in [0.1, 0.15) is 0 Å². The average Bonchev–Trinajstić information content (AvgIpc) is 3.36. The number of nitrogens with zero attached hydrogens (tertiary/aromatic N) is 6. The Bertz CT molecular complexity index is 754. The fraction of sp³-hybridized carbons (Fsp3) is 0.375. The number of H-pyrrole nitrogens is 1. The predicted octanol–water partition coefficient (Wildman–Crippen LogP) is 2.21. The van der Waals surface area contributed by atoms with E-state index >= 15 is 0 Å². The van der Waals surface area contributed by atoms with E-state index in [-0.39, 0.29) is 0 Å². The highest BCUT2D eigenvalue weighted by Crippen LogP contribution is 2.27. The van der Waals surface area contributed by atoms with E-state index in [4.69, 9.17) is 0 Å². The van der Waals surface area contributed by atoms with E-state index in [1.807, 2.05) is 12.4 Å². The molecule has 1 saturated heterocycles. The highest BCUT2D eigenvalue weighted by Gasteiger charge is 2.19. The normalized spacial score (nSPS) is 16.7. The molecule has 23 heavy (non-hydrogen) atoms. The number of hydrogen-bond acceptors (Lipinski definition) is 5. The third-order valence-electron chi connectivity index (χ3n) is 4.54. The molecular formula is C16H19N7. The van der Waals surface area contributed by atoms with Crippen molar-refractivity contribution in [3.8, 4) is 17.1 Å². The summed E-state index contributed by atoms with van der Waals surface area (Å²) in [6.45, 7) is 4.70. The molecule has 0 amide bonds. The van der Waals surface area contributed by atoms with Gasteiger partial charge in [0.15, 0.2) is 0 Å². The van der Waals surface area contributed by atoms with Crippen LogP contribution in [0.5, 0.6) is 0 Å². The second kappa shape index (κ2) is 5.92. The van der Waals surface area contributed by atoms with Gasteiger partial charge in [-0.1, -0.05) is 29.4 Å². The van der Waals surface area contributed by atoms with Crippen LogP contribution in [0.25, 0.3) is 17.1 Å². The van der Waals surface area contributed by atoms with Crippen molar-refractivity contribution >= 4 is 0 Å². The fourth-order valence-corrected chi connectivity index (χ4v) is 3.13. The molecule has 1 aromatic carbocycles. The van der Waals surface area contributed by atoms with E-state index in [9.17, 15) is 0 Å². The van der Waals surface area contributed by atoms with Crippen LogP contribution in [0.15, 0.2) is 36.7 Å². The minimum absolute atomic E-state index is 0.440. The molecular weight excluding hydrogens is 290 g/mol. The van der Waals surface area contributed by atoms with Gasteiger partial charge < -0.3 is 0 Å². The minimum atomic E-state index is 0.440. The SMILES string of the molecule is CC(c1ccc(-c2cnn(-c3nn[nH]n3)c2)cc1)N1CCCC1. The molecule has 1 N–H and O–H groups in total. The Morgan fingerprint density at radius 2 is 1.87 bits per heavy atom. The second-order valence-corrected chi connectivity index (χ2v) is 5.93. The molecule has 0 saturated carbocycles. The van der Waals surface area contributed by atoms with Gasteiger partial charge in [0, 0.05) is 17.8 Å². The van der Waals surface area contributed by atoms with Gasteiger partial charge in [0.2, 0.25) is 0 Å². The van der Waals surface area contributed by atoms with E-state index in [2.05, 4.69) is 61.8 Å². The molecule has 1 fully saturated rings. The topological polar surface area (TPSA) is 75.5 Å². The minimum Gasteiger partial charge on any atom is -0.297 e. The molecule has 0 spiro atoms. The first-order chi connectivity index (χ1) is 11.3. The van der Waals surface area contributed by atoms with Crippen LogP contribution < -0.4 is 0 Å². The average molecular weight is 309 g/mol. The fourth-order valence-electron chi connectivity index (χ4n) is 3.13. The van der Waals surface area contributed by atoms with Crippen LogP contribution in [0.2, 0.25) is 0 Å². The van der Waals surface area contributed by atoms with E-state index in [1.54, 1.807) is 4.68 Å². The highest BCUT2D eigenvalue weighted by molar-refractivity contribution is 5.62. The van der Waals surface area contributed by atoms with E-state index < -0.39 is 0 Å². The molecule has 0 bridgehead atoms. The molecule has 1 atom stereocenters. The number of aromatic amines is 1. The summed E-state index contributed by atoms with van der Waals surface area (Å²) in [4.78, 5) is 2.54. The maximum absolute atomic E-state index is 4.28. The lowest BCUT2D eigenvalue weighted by molar-refractivity contribution is 0.263. The molecule has 0 aliphatic carbocycles. The molecule has 1 aliphatic rings. The zero-order valence-electron chi connectivity index (χ0n) is 13.1. The summed E-state index contributed by atoms with van der Waals surface area (Å²) >= 11 is 0. The number of likely N-dealkylation sites (tertiary alicyclic amines) is 1. The van der Waals surface area contributed by atoms with Crippen molar-refractivity contribution in [1.82, 2.24) is 35.3 Å². The summed E-state index contributed by atoms with van der Waals surface area (Å²) in [6, 6.07) is 9.21. The third-order valence-corrected chi connectivity index (χ3v) is 4.54. The maximum atomic E-state index is 4.28. The number of nitrogens with one attached hydrogen (secondary N) is 1. The van der Waals surface area contributed by atoms with Gasteiger partial charge in [-0.3, -0.25) is 4.90 Å². The lowest BCUT2D eigenvalue weighted by atomic mass is 10.0. The van der Waals surface area contributed by atoms with Crippen LogP contribution in [0, 0.1) is 0 Å². The molecule has 7 heteroatoms.